The van der Waals surface area contributed by atoms with Crippen LogP contribution in [0.4, 0.5) is 0 Å². The van der Waals surface area contributed by atoms with Gasteiger partial charge >= 0.3 is 5.97 Å². The average Bonchev–Trinajstić information content (AvgIpc) is 2.98. The Hall–Kier alpha value is -1.59. The Labute approximate surface area is 108 Å². The molecule has 2 aromatic heterocycles. The first kappa shape index (κ1) is 11.5. The zero-order valence-electron chi connectivity index (χ0n) is 9.70. The monoisotopic (exact) mass is 263 g/mol. The number of carboxylic acid groups (broad SMARTS) is 1. The third-order valence-electron chi connectivity index (χ3n) is 3.30. The molecule has 94 valence electrons. The van der Waals surface area contributed by atoms with Gasteiger partial charge in [0.2, 0.25) is 0 Å². The van der Waals surface area contributed by atoms with Crippen molar-refractivity contribution in [2.75, 3.05) is 6.54 Å². The van der Waals surface area contributed by atoms with Crippen molar-refractivity contribution in [3.8, 4) is 0 Å². The SMILES string of the molecule is O=C(O)C(c1ccoc1)N1CCc2sccc2C1. The standard InChI is InChI=1S/C13H13NO3S/c15-13(16)12(10-2-5-17-8-10)14-4-1-11-9(7-14)3-6-18-11/h2-3,5-6,8,12H,1,4,7H2,(H,15,16). The molecule has 0 spiro atoms. The van der Waals surface area contributed by atoms with E-state index in [4.69, 9.17) is 4.42 Å². The first-order valence-electron chi connectivity index (χ1n) is 5.80. The zero-order chi connectivity index (χ0) is 12.5. The van der Waals surface area contributed by atoms with Crippen LogP contribution in [-0.2, 0) is 17.8 Å². The van der Waals surface area contributed by atoms with Crippen LogP contribution in [0.1, 0.15) is 22.0 Å². The number of aliphatic carboxylic acids is 1. The summed E-state index contributed by atoms with van der Waals surface area (Å²) in [6.07, 6.45) is 3.96. The molecule has 5 heteroatoms. The summed E-state index contributed by atoms with van der Waals surface area (Å²) < 4.78 is 5.00. The van der Waals surface area contributed by atoms with E-state index in [1.54, 1.807) is 17.4 Å². The van der Waals surface area contributed by atoms with E-state index in [-0.39, 0.29) is 0 Å². The Morgan fingerprint density at radius 1 is 1.50 bits per heavy atom. The summed E-state index contributed by atoms with van der Waals surface area (Å²) in [5.41, 5.74) is 1.96. The molecule has 0 bridgehead atoms. The third kappa shape index (κ3) is 1.95. The summed E-state index contributed by atoms with van der Waals surface area (Å²) in [6, 6.07) is 3.19. The lowest BCUT2D eigenvalue weighted by atomic mass is 10.0. The molecular formula is C13H13NO3S. The van der Waals surface area contributed by atoms with Crippen LogP contribution in [-0.4, -0.2) is 22.5 Å². The van der Waals surface area contributed by atoms with Crippen molar-refractivity contribution >= 4 is 17.3 Å². The highest BCUT2D eigenvalue weighted by Crippen LogP contribution is 2.30. The van der Waals surface area contributed by atoms with Gasteiger partial charge in [-0.3, -0.25) is 9.69 Å². The summed E-state index contributed by atoms with van der Waals surface area (Å²) in [5, 5.41) is 11.5. The van der Waals surface area contributed by atoms with Gasteiger partial charge in [-0.05, 0) is 29.5 Å². The quantitative estimate of drug-likeness (QED) is 0.924. The van der Waals surface area contributed by atoms with E-state index in [0.717, 1.165) is 13.0 Å². The van der Waals surface area contributed by atoms with Crippen molar-refractivity contribution in [1.29, 1.82) is 0 Å². The van der Waals surface area contributed by atoms with Crippen LogP contribution in [0.2, 0.25) is 0 Å². The number of hydrogen-bond acceptors (Lipinski definition) is 4. The van der Waals surface area contributed by atoms with E-state index in [0.29, 0.717) is 12.1 Å². The van der Waals surface area contributed by atoms with Gasteiger partial charge in [-0.2, -0.15) is 0 Å². The van der Waals surface area contributed by atoms with Gasteiger partial charge in [0.1, 0.15) is 6.04 Å². The van der Waals surface area contributed by atoms with E-state index < -0.39 is 12.0 Å². The third-order valence-corrected chi connectivity index (χ3v) is 4.32. The van der Waals surface area contributed by atoms with Crippen molar-refractivity contribution < 1.29 is 14.3 Å². The van der Waals surface area contributed by atoms with Crippen LogP contribution in [0.3, 0.4) is 0 Å². The number of nitrogens with zero attached hydrogens (tertiary/aromatic N) is 1. The second-order valence-electron chi connectivity index (χ2n) is 4.39. The maximum absolute atomic E-state index is 11.5. The van der Waals surface area contributed by atoms with E-state index in [2.05, 4.69) is 11.4 Å². The topological polar surface area (TPSA) is 53.7 Å². The fourth-order valence-electron chi connectivity index (χ4n) is 2.43. The number of rotatable bonds is 3. The Balaban J connectivity index is 1.87. The molecule has 4 nitrogen and oxygen atoms in total. The predicted molar refractivity (Wildman–Crippen MR) is 67.5 cm³/mol. The van der Waals surface area contributed by atoms with Crippen molar-refractivity contribution in [2.45, 2.75) is 19.0 Å². The molecule has 0 saturated carbocycles. The second kappa shape index (κ2) is 4.59. The molecule has 3 heterocycles. The minimum Gasteiger partial charge on any atom is -0.480 e. The van der Waals surface area contributed by atoms with Crippen LogP contribution < -0.4 is 0 Å². The molecule has 0 fully saturated rings. The predicted octanol–water partition coefficient (Wildman–Crippen LogP) is 2.53. The molecular weight excluding hydrogens is 250 g/mol. The lowest BCUT2D eigenvalue weighted by Gasteiger charge is -2.31. The van der Waals surface area contributed by atoms with Gasteiger partial charge in [-0.25, -0.2) is 0 Å². The zero-order valence-corrected chi connectivity index (χ0v) is 10.5. The highest BCUT2D eigenvalue weighted by Gasteiger charge is 2.31. The van der Waals surface area contributed by atoms with E-state index in [1.807, 2.05) is 4.90 Å². The van der Waals surface area contributed by atoms with Crippen LogP contribution in [0, 0.1) is 0 Å². The van der Waals surface area contributed by atoms with Crippen LogP contribution in [0.25, 0.3) is 0 Å². The van der Waals surface area contributed by atoms with E-state index in [1.165, 1.54) is 23.0 Å². The number of carboxylic acids is 1. The summed E-state index contributed by atoms with van der Waals surface area (Å²) in [5.74, 6) is -0.824. The number of hydrogen-bond donors (Lipinski definition) is 1. The molecule has 0 amide bonds. The average molecular weight is 263 g/mol. The maximum Gasteiger partial charge on any atom is 0.325 e. The molecule has 1 aliphatic heterocycles. The molecule has 0 aliphatic carbocycles. The number of furan rings is 1. The van der Waals surface area contributed by atoms with Gasteiger partial charge in [0, 0.05) is 23.5 Å². The van der Waals surface area contributed by atoms with Crippen LogP contribution >= 0.6 is 11.3 Å². The molecule has 1 N–H and O–H groups in total. The van der Waals surface area contributed by atoms with Gasteiger partial charge in [-0.15, -0.1) is 11.3 Å². The molecule has 1 aliphatic rings. The summed E-state index contributed by atoms with van der Waals surface area (Å²) >= 11 is 1.75. The van der Waals surface area contributed by atoms with Gasteiger partial charge in [0.25, 0.3) is 0 Å². The summed E-state index contributed by atoms with van der Waals surface area (Å²) in [6.45, 7) is 1.47. The molecule has 1 unspecified atom stereocenters. The molecule has 1 atom stereocenters. The highest BCUT2D eigenvalue weighted by molar-refractivity contribution is 7.10. The fraction of sp³-hybridized carbons (Fsp3) is 0.308. The van der Waals surface area contributed by atoms with Crippen molar-refractivity contribution in [3.05, 3.63) is 46.0 Å². The molecule has 0 saturated heterocycles. The van der Waals surface area contributed by atoms with Gasteiger partial charge < -0.3 is 9.52 Å². The van der Waals surface area contributed by atoms with Crippen LogP contribution in [0.5, 0.6) is 0 Å². The number of carbonyl (C=O) groups is 1. The fourth-order valence-corrected chi connectivity index (χ4v) is 3.32. The first-order valence-corrected chi connectivity index (χ1v) is 6.68. The number of thiophene rings is 1. The van der Waals surface area contributed by atoms with Crippen molar-refractivity contribution in [2.24, 2.45) is 0 Å². The molecule has 18 heavy (non-hydrogen) atoms. The lowest BCUT2D eigenvalue weighted by Crippen LogP contribution is -2.37. The molecule has 0 aromatic carbocycles. The first-order chi connectivity index (χ1) is 8.75. The summed E-state index contributed by atoms with van der Waals surface area (Å²) in [7, 11) is 0. The molecule has 2 aromatic rings. The maximum atomic E-state index is 11.5. The van der Waals surface area contributed by atoms with E-state index in [9.17, 15) is 9.90 Å². The Morgan fingerprint density at radius 3 is 3.11 bits per heavy atom. The van der Waals surface area contributed by atoms with Crippen molar-refractivity contribution in [3.63, 3.8) is 0 Å². The number of fused-ring (bicyclic) bond motifs is 1. The minimum absolute atomic E-state index is 0.614. The summed E-state index contributed by atoms with van der Waals surface area (Å²) in [4.78, 5) is 14.8. The Kier molecular flexibility index (Phi) is 2.93. The smallest absolute Gasteiger partial charge is 0.325 e. The van der Waals surface area contributed by atoms with Gasteiger partial charge in [0.05, 0.1) is 12.5 Å². The normalized spacial score (nSPS) is 17.3. The second-order valence-corrected chi connectivity index (χ2v) is 5.39. The minimum atomic E-state index is -0.824. The molecule has 3 rings (SSSR count). The van der Waals surface area contributed by atoms with Crippen LogP contribution in [0.15, 0.2) is 34.5 Å². The van der Waals surface area contributed by atoms with Crippen molar-refractivity contribution in [1.82, 2.24) is 4.90 Å². The highest BCUT2D eigenvalue weighted by atomic mass is 32.1. The van der Waals surface area contributed by atoms with E-state index >= 15 is 0 Å². The van der Waals surface area contributed by atoms with Gasteiger partial charge in [-0.1, -0.05) is 0 Å². The Morgan fingerprint density at radius 2 is 2.39 bits per heavy atom. The van der Waals surface area contributed by atoms with Gasteiger partial charge in [0.15, 0.2) is 0 Å². The largest absolute Gasteiger partial charge is 0.480 e. The Bertz CT molecular complexity index is 546. The molecule has 0 radical (unpaired) electrons. The lowest BCUT2D eigenvalue weighted by molar-refractivity contribution is -0.144.